The van der Waals surface area contributed by atoms with Crippen molar-refractivity contribution >= 4 is 18.9 Å². The van der Waals surface area contributed by atoms with Crippen molar-refractivity contribution in [2.45, 2.75) is 24.7 Å². The Hall–Kier alpha value is -0.483. The maximum absolute atomic E-state index is 11.7. The number of pyridine rings is 1. The molecule has 0 fully saturated rings. The normalized spacial score (nSPS) is 14.1. The second-order valence-corrected chi connectivity index (χ2v) is 11.6. The van der Waals surface area contributed by atoms with Crippen molar-refractivity contribution in [3.63, 3.8) is 0 Å². The summed E-state index contributed by atoms with van der Waals surface area (Å²) >= 11 is 0. The molecule has 0 aromatic carbocycles. The molecule has 1 rings (SSSR count). The van der Waals surface area contributed by atoms with E-state index in [1.807, 2.05) is 18.2 Å². The van der Waals surface area contributed by atoms with Crippen molar-refractivity contribution in [2.75, 3.05) is 5.38 Å². The first-order chi connectivity index (χ1) is 5.99. The van der Waals surface area contributed by atoms with E-state index < -0.39 is 18.9 Å². The summed E-state index contributed by atoms with van der Waals surface area (Å²) < 4.78 is 11.7. The summed E-state index contributed by atoms with van der Waals surface area (Å²) in [6.07, 6.45) is 1.69. The highest BCUT2D eigenvalue weighted by molar-refractivity contribution is 7.86. The number of nitrogens with zero attached hydrogens (tertiary/aromatic N) is 1. The molecule has 4 heteroatoms. The van der Waals surface area contributed by atoms with Gasteiger partial charge in [-0.25, -0.2) is 4.98 Å². The highest BCUT2D eigenvalue weighted by Crippen LogP contribution is 2.08. The Morgan fingerprint density at radius 2 is 2.08 bits per heavy atom. The zero-order chi connectivity index (χ0) is 9.90. The van der Waals surface area contributed by atoms with Gasteiger partial charge >= 0.3 is 0 Å². The van der Waals surface area contributed by atoms with Gasteiger partial charge in [-0.3, -0.25) is 4.21 Å². The first-order valence-electron chi connectivity index (χ1n) is 4.28. The van der Waals surface area contributed by atoms with E-state index in [2.05, 4.69) is 24.6 Å². The minimum atomic E-state index is -1.24. The molecule has 1 unspecified atom stereocenters. The second kappa shape index (κ2) is 4.15. The van der Waals surface area contributed by atoms with Crippen molar-refractivity contribution < 1.29 is 4.21 Å². The van der Waals surface area contributed by atoms with Crippen LogP contribution < -0.4 is 0 Å². The SMILES string of the molecule is C[Si](C)(C)CS(=O)c1ccccn1. The van der Waals surface area contributed by atoms with Gasteiger partial charge in [-0.05, 0) is 12.1 Å². The zero-order valence-corrected chi connectivity index (χ0v) is 10.1. The average Bonchev–Trinajstić information content (AvgIpc) is 2.03. The largest absolute Gasteiger partial charge is 0.253 e. The van der Waals surface area contributed by atoms with Crippen LogP contribution in [-0.2, 0) is 10.8 Å². The van der Waals surface area contributed by atoms with Gasteiger partial charge in [0.2, 0.25) is 0 Å². The Kier molecular flexibility index (Phi) is 3.38. The van der Waals surface area contributed by atoms with Crippen molar-refractivity contribution in [2.24, 2.45) is 0 Å². The lowest BCUT2D eigenvalue weighted by atomic mass is 10.5. The first kappa shape index (κ1) is 10.6. The Morgan fingerprint density at radius 1 is 1.38 bits per heavy atom. The predicted molar refractivity (Wildman–Crippen MR) is 58.9 cm³/mol. The highest BCUT2D eigenvalue weighted by atomic mass is 32.2. The lowest BCUT2D eigenvalue weighted by molar-refractivity contribution is 0.683. The standard InChI is InChI=1S/C9H15NOSSi/c1-13(2,3)8-12(11)9-6-4-5-7-10-9/h4-7H,8H2,1-3H3. The van der Waals surface area contributed by atoms with Crippen LogP contribution in [0.1, 0.15) is 0 Å². The molecule has 0 saturated heterocycles. The van der Waals surface area contributed by atoms with Gasteiger partial charge < -0.3 is 0 Å². The Balaban J connectivity index is 2.71. The quantitative estimate of drug-likeness (QED) is 0.720. The molecular weight excluding hydrogens is 198 g/mol. The number of rotatable bonds is 3. The first-order valence-corrected chi connectivity index (χ1v) is 9.31. The molecule has 0 radical (unpaired) electrons. The molecule has 72 valence electrons. The van der Waals surface area contributed by atoms with Gasteiger partial charge in [-0.1, -0.05) is 25.7 Å². The minimum absolute atomic E-state index is 0.713. The van der Waals surface area contributed by atoms with E-state index in [1.54, 1.807) is 6.20 Å². The summed E-state index contributed by atoms with van der Waals surface area (Å²) in [6, 6.07) is 5.55. The summed E-state index contributed by atoms with van der Waals surface area (Å²) in [5.74, 6) is 0. The van der Waals surface area contributed by atoms with E-state index in [9.17, 15) is 4.21 Å². The third-order valence-electron chi connectivity index (χ3n) is 1.44. The van der Waals surface area contributed by atoms with Crippen LogP contribution in [0.3, 0.4) is 0 Å². The van der Waals surface area contributed by atoms with Crippen LogP contribution in [0.5, 0.6) is 0 Å². The fraction of sp³-hybridized carbons (Fsp3) is 0.444. The molecule has 0 aliphatic rings. The number of hydrogen-bond acceptors (Lipinski definition) is 2. The lowest BCUT2D eigenvalue weighted by Crippen LogP contribution is -2.29. The van der Waals surface area contributed by atoms with Gasteiger partial charge in [0, 0.05) is 11.6 Å². The van der Waals surface area contributed by atoms with Gasteiger partial charge in [0.05, 0.1) is 18.9 Å². The van der Waals surface area contributed by atoms with E-state index in [-0.39, 0.29) is 0 Å². The maximum Gasteiger partial charge on any atom is 0.126 e. The van der Waals surface area contributed by atoms with Crippen molar-refractivity contribution in [3.8, 4) is 0 Å². The van der Waals surface area contributed by atoms with Crippen LogP contribution in [0.4, 0.5) is 0 Å². The zero-order valence-electron chi connectivity index (χ0n) is 8.28. The topological polar surface area (TPSA) is 30.0 Å². The number of hydrogen-bond donors (Lipinski definition) is 0. The van der Waals surface area contributed by atoms with Crippen LogP contribution in [0, 0.1) is 0 Å². The minimum Gasteiger partial charge on any atom is -0.253 e. The van der Waals surface area contributed by atoms with Crippen molar-refractivity contribution in [1.82, 2.24) is 4.98 Å². The Bertz CT molecular complexity index is 294. The van der Waals surface area contributed by atoms with Crippen LogP contribution >= 0.6 is 0 Å². The van der Waals surface area contributed by atoms with Gasteiger partial charge in [0.15, 0.2) is 0 Å². The molecule has 2 nitrogen and oxygen atoms in total. The summed E-state index contributed by atoms with van der Waals surface area (Å²) in [5.41, 5.74) is 0. The van der Waals surface area contributed by atoms with E-state index in [0.717, 1.165) is 5.38 Å². The summed E-state index contributed by atoms with van der Waals surface area (Å²) in [5, 5.41) is 1.51. The van der Waals surface area contributed by atoms with E-state index in [1.165, 1.54) is 0 Å². The molecule has 13 heavy (non-hydrogen) atoms. The maximum atomic E-state index is 11.7. The number of aromatic nitrogens is 1. The molecular formula is C9H15NOSSi. The molecule has 0 bridgehead atoms. The Morgan fingerprint density at radius 3 is 2.54 bits per heavy atom. The molecule has 0 amide bonds. The average molecular weight is 213 g/mol. The fourth-order valence-corrected chi connectivity index (χ4v) is 5.10. The molecule has 0 spiro atoms. The summed E-state index contributed by atoms with van der Waals surface area (Å²) in [7, 11) is -2.15. The van der Waals surface area contributed by atoms with E-state index in [0.29, 0.717) is 5.03 Å². The van der Waals surface area contributed by atoms with E-state index >= 15 is 0 Å². The summed E-state index contributed by atoms with van der Waals surface area (Å²) in [6.45, 7) is 6.65. The summed E-state index contributed by atoms with van der Waals surface area (Å²) in [4.78, 5) is 4.08. The highest BCUT2D eigenvalue weighted by Gasteiger charge is 2.18. The third kappa shape index (κ3) is 3.82. The third-order valence-corrected chi connectivity index (χ3v) is 6.66. The monoisotopic (exact) mass is 213 g/mol. The van der Waals surface area contributed by atoms with Crippen LogP contribution in [0.2, 0.25) is 19.6 Å². The molecule has 0 saturated carbocycles. The van der Waals surface area contributed by atoms with Crippen LogP contribution in [-0.4, -0.2) is 22.6 Å². The molecule has 0 aliphatic heterocycles. The van der Waals surface area contributed by atoms with E-state index in [4.69, 9.17) is 0 Å². The van der Waals surface area contributed by atoms with Gasteiger partial charge in [-0.15, -0.1) is 0 Å². The molecule has 0 N–H and O–H groups in total. The molecule has 1 aromatic heterocycles. The van der Waals surface area contributed by atoms with Gasteiger partial charge in [0.25, 0.3) is 0 Å². The fourth-order valence-electron chi connectivity index (χ4n) is 0.949. The lowest BCUT2D eigenvalue weighted by Gasteiger charge is -2.13. The van der Waals surface area contributed by atoms with Crippen LogP contribution in [0.15, 0.2) is 29.4 Å². The van der Waals surface area contributed by atoms with Crippen LogP contribution in [0.25, 0.3) is 0 Å². The molecule has 1 aromatic rings. The predicted octanol–water partition coefficient (Wildman–Crippen LogP) is 2.07. The second-order valence-electron chi connectivity index (χ2n) is 4.22. The molecule has 1 atom stereocenters. The van der Waals surface area contributed by atoms with Crippen molar-refractivity contribution in [3.05, 3.63) is 24.4 Å². The smallest absolute Gasteiger partial charge is 0.126 e. The Labute approximate surface area is 82.9 Å². The van der Waals surface area contributed by atoms with Gasteiger partial charge in [0.1, 0.15) is 5.03 Å². The molecule has 1 heterocycles. The van der Waals surface area contributed by atoms with Crippen molar-refractivity contribution in [1.29, 1.82) is 0 Å². The molecule has 0 aliphatic carbocycles. The van der Waals surface area contributed by atoms with Gasteiger partial charge in [-0.2, -0.15) is 0 Å².